The van der Waals surface area contributed by atoms with Gasteiger partial charge in [0.05, 0.1) is 23.6 Å². The number of carbonyl (C=O) groups excluding carboxylic acids is 1. The Morgan fingerprint density at radius 2 is 2.11 bits per heavy atom. The predicted molar refractivity (Wildman–Crippen MR) is 142 cm³/mol. The van der Waals surface area contributed by atoms with E-state index in [1.165, 1.54) is 4.57 Å². The minimum Gasteiger partial charge on any atom is -0.494 e. The van der Waals surface area contributed by atoms with Gasteiger partial charge in [0.25, 0.3) is 5.56 Å². The fourth-order valence-corrected chi connectivity index (χ4v) is 4.70. The zero-order valence-electron chi connectivity index (χ0n) is 20.7. The van der Waals surface area contributed by atoms with Crippen LogP contribution in [0.4, 0.5) is 0 Å². The van der Waals surface area contributed by atoms with Crippen LogP contribution in [-0.4, -0.2) is 63.9 Å². The van der Waals surface area contributed by atoms with Crippen LogP contribution in [0.5, 0.6) is 5.75 Å². The Labute approximate surface area is 215 Å². The van der Waals surface area contributed by atoms with Gasteiger partial charge in [0.1, 0.15) is 18.1 Å². The number of benzene rings is 2. The Morgan fingerprint density at radius 1 is 1.28 bits per heavy atom. The maximum Gasteiger partial charge on any atom is 0.262 e. The Bertz CT molecular complexity index is 1280. The molecule has 4 rings (SSSR count). The number of fused-ring (bicyclic) bond motifs is 1. The maximum absolute atomic E-state index is 13.6. The number of ether oxygens (including phenoxy) is 1. The van der Waals surface area contributed by atoms with Gasteiger partial charge < -0.3 is 20.1 Å². The van der Waals surface area contributed by atoms with Gasteiger partial charge in [0.15, 0.2) is 0 Å². The molecule has 8 nitrogen and oxygen atoms in total. The number of rotatable bonds is 9. The van der Waals surface area contributed by atoms with Gasteiger partial charge in [-0.25, -0.2) is 4.98 Å². The third-order valence-corrected chi connectivity index (χ3v) is 6.36. The molecule has 192 valence electrons. The number of aliphatic hydroxyl groups excluding tert-OH is 1. The molecule has 0 saturated carbocycles. The van der Waals surface area contributed by atoms with Gasteiger partial charge in [-0.15, -0.1) is 0 Å². The lowest BCUT2D eigenvalue weighted by Gasteiger charge is -2.29. The number of nitrogens with one attached hydrogen (secondary N) is 1. The number of amides is 1. The molecule has 1 aliphatic rings. The van der Waals surface area contributed by atoms with Crippen LogP contribution in [0.15, 0.2) is 47.3 Å². The Morgan fingerprint density at radius 3 is 2.86 bits per heavy atom. The van der Waals surface area contributed by atoms with Crippen LogP contribution in [0.25, 0.3) is 22.3 Å². The molecule has 1 fully saturated rings. The molecule has 0 bridgehead atoms. The zero-order valence-corrected chi connectivity index (χ0v) is 21.5. The van der Waals surface area contributed by atoms with E-state index in [0.717, 1.165) is 32.4 Å². The van der Waals surface area contributed by atoms with E-state index in [1.54, 1.807) is 36.4 Å². The van der Waals surface area contributed by atoms with E-state index < -0.39 is 0 Å². The Balaban J connectivity index is 1.57. The second-order valence-electron chi connectivity index (χ2n) is 9.54. The van der Waals surface area contributed by atoms with Gasteiger partial charge in [-0.1, -0.05) is 23.7 Å². The van der Waals surface area contributed by atoms with Crippen molar-refractivity contribution in [2.75, 3.05) is 26.2 Å². The van der Waals surface area contributed by atoms with Crippen LogP contribution in [0.3, 0.4) is 0 Å². The molecule has 1 saturated heterocycles. The summed E-state index contributed by atoms with van der Waals surface area (Å²) in [5.74, 6) is 0.687. The molecule has 36 heavy (non-hydrogen) atoms. The molecule has 0 spiro atoms. The first-order valence-corrected chi connectivity index (χ1v) is 12.8. The summed E-state index contributed by atoms with van der Waals surface area (Å²) in [6.07, 6.45) is 2.46. The molecule has 1 unspecified atom stereocenters. The Kier molecular flexibility index (Phi) is 8.61. The third-order valence-electron chi connectivity index (χ3n) is 6.13. The number of piperidine rings is 1. The topological polar surface area (TPSA) is 96.7 Å². The zero-order chi connectivity index (χ0) is 25.7. The number of hydrogen-bond acceptors (Lipinski definition) is 6. The van der Waals surface area contributed by atoms with E-state index in [2.05, 4.69) is 10.2 Å². The summed E-state index contributed by atoms with van der Waals surface area (Å²) in [4.78, 5) is 33.1. The number of halogens is 1. The number of hydrogen-bond donors (Lipinski definition) is 2. The molecule has 1 amide bonds. The molecule has 9 heteroatoms. The van der Waals surface area contributed by atoms with Gasteiger partial charge in [-0.3, -0.25) is 14.2 Å². The van der Waals surface area contributed by atoms with E-state index in [1.807, 2.05) is 19.9 Å². The lowest BCUT2D eigenvalue weighted by Crippen LogP contribution is -2.39. The largest absolute Gasteiger partial charge is 0.494 e. The quantitative estimate of drug-likeness (QED) is 0.426. The molecule has 2 heterocycles. The lowest BCUT2D eigenvalue weighted by molar-refractivity contribution is -0.122. The molecule has 1 atom stereocenters. The number of aromatic nitrogens is 2. The molecule has 1 aromatic heterocycles. The van der Waals surface area contributed by atoms with E-state index in [-0.39, 0.29) is 30.2 Å². The van der Waals surface area contributed by atoms with Crippen molar-refractivity contribution in [3.05, 3.63) is 57.8 Å². The van der Waals surface area contributed by atoms with Crippen molar-refractivity contribution in [2.24, 2.45) is 0 Å². The molecule has 2 aromatic carbocycles. The van der Waals surface area contributed by atoms with Crippen LogP contribution < -0.4 is 15.6 Å². The van der Waals surface area contributed by atoms with E-state index in [9.17, 15) is 14.7 Å². The molecule has 0 radical (unpaired) electrons. The van der Waals surface area contributed by atoms with Gasteiger partial charge in [0.2, 0.25) is 5.91 Å². The Hall–Kier alpha value is -2.94. The first-order valence-electron chi connectivity index (χ1n) is 12.4. The summed E-state index contributed by atoms with van der Waals surface area (Å²) in [5, 5.41) is 13.6. The number of β-amino-alcohol motifs (C(OH)–C–C–N with tert-alkyl or cyclic N) is 1. The minimum atomic E-state index is -0.318. The predicted octanol–water partition coefficient (Wildman–Crippen LogP) is 3.47. The highest BCUT2D eigenvalue weighted by atomic mass is 35.5. The second-order valence-corrected chi connectivity index (χ2v) is 9.97. The third kappa shape index (κ3) is 6.63. The number of likely N-dealkylation sites (tertiary alicyclic amines) is 1. The van der Waals surface area contributed by atoms with Crippen molar-refractivity contribution in [2.45, 2.75) is 51.8 Å². The summed E-state index contributed by atoms with van der Waals surface area (Å²) >= 11 is 6.19. The van der Waals surface area contributed by atoms with Crippen LogP contribution in [-0.2, 0) is 11.3 Å². The van der Waals surface area contributed by atoms with Crippen LogP contribution >= 0.6 is 11.6 Å². The standard InChI is InChI=1S/C27H33ClN4O4/c1-18(2)29-25(34)17-32-26(19-6-3-7-20(28)14-19)30-24-10-9-22(15-23(24)27(32)35)36-13-5-12-31-11-4-8-21(33)16-31/h3,6-7,9-10,14-15,18,21,33H,4-5,8,11-13,16-17H2,1-2H3,(H,29,34). The van der Waals surface area contributed by atoms with Crippen LogP contribution in [0, 0.1) is 0 Å². The van der Waals surface area contributed by atoms with Crippen molar-refractivity contribution in [1.29, 1.82) is 0 Å². The highest BCUT2D eigenvalue weighted by Crippen LogP contribution is 2.24. The molecular weight excluding hydrogens is 480 g/mol. The summed E-state index contributed by atoms with van der Waals surface area (Å²) in [6.45, 7) is 6.64. The van der Waals surface area contributed by atoms with E-state index in [0.29, 0.717) is 46.2 Å². The summed E-state index contributed by atoms with van der Waals surface area (Å²) in [5.41, 5.74) is 0.855. The molecule has 3 aromatic rings. The van der Waals surface area contributed by atoms with Gasteiger partial charge in [-0.2, -0.15) is 0 Å². The van der Waals surface area contributed by atoms with Gasteiger partial charge in [0, 0.05) is 29.7 Å². The highest BCUT2D eigenvalue weighted by molar-refractivity contribution is 6.30. The normalized spacial score (nSPS) is 16.4. The van der Waals surface area contributed by atoms with Crippen molar-refractivity contribution in [3.8, 4) is 17.1 Å². The lowest BCUT2D eigenvalue weighted by atomic mass is 10.1. The van der Waals surface area contributed by atoms with Crippen molar-refractivity contribution in [3.63, 3.8) is 0 Å². The van der Waals surface area contributed by atoms with Crippen molar-refractivity contribution in [1.82, 2.24) is 19.8 Å². The smallest absolute Gasteiger partial charge is 0.262 e. The van der Waals surface area contributed by atoms with Gasteiger partial charge >= 0.3 is 0 Å². The maximum atomic E-state index is 13.6. The van der Waals surface area contributed by atoms with Gasteiger partial charge in [-0.05, 0) is 70.0 Å². The summed E-state index contributed by atoms with van der Waals surface area (Å²) in [7, 11) is 0. The fraction of sp³-hybridized carbons (Fsp3) is 0.444. The van der Waals surface area contributed by atoms with Crippen LogP contribution in [0.1, 0.15) is 33.1 Å². The highest BCUT2D eigenvalue weighted by Gasteiger charge is 2.18. The second kappa shape index (κ2) is 11.9. The van der Waals surface area contributed by atoms with E-state index in [4.69, 9.17) is 21.3 Å². The number of nitrogens with zero attached hydrogens (tertiary/aromatic N) is 3. The first kappa shape index (κ1) is 26.1. The average molecular weight is 513 g/mol. The molecule has 2 N–H and O–H groups in total. The number of carbonyl (C=O) groups is 1. The summed E-state index contributed by atoms with van der Waals surface area (Å²) in [6, 6.07) is 12.3. The monoisotopic (exact) mass is 512 g/mol. The van der Waals surface area contributed by atoms with E-state index >= 15 is 0 Å². The minimum absolute atomic E-state index is 0.0514. The van der Waals surface area contributed by atoms with Crippen molar-refractivity contribution < 1.29 is 14.6 Å². The fourth-order valence-electron chi connectivity index (χ4n) is 4.51. The number of aliphatic hydroxyl groups is 1. The first-order chi connectivity index (χ1) is 17.3. The SMILES string of the molecule is CC(C)NC(=O)Cn1c(-c2cccc(Cl)c2)nc2ccc(OCCCN3CCCC(O)C3)cc2c1=O. The average Bonchev–Trinajstić information content (AvgIpc) is 2.83. The molecule has 1 aliphatic heterocycles. The molecular formula is C27H33ClN4O4. The molecule has 0 aliphatic carbocycles. The summed E-state index contributed by atoms with van der Waals surface area (Å²) < 4.78 is 7.32. The van der Waals surface area contributed by atoms with Crippen LogP contribution in [0.2, 0.25) is 5.02 Å². The van der Waals surface area contributed by atoms with Crippen molar-refractivity contribution >= 4 is 28.4 Å².